The Balaban J connectivity index is 3.82. The number of phosphoric acid groups is 1. The third-order valence-electron chi connectivity index (χ3n) is 14.8. The Morgan fingerprint density at radius 3 is 1.12 bits per heavy atom. The van der Waals surface area contributed by atoms with Crippen molar-refractivity contribution in [2.24, 2.45) is 0 Å². The molecule has 0 radical (unpaired) electrons. The van der Waals surface area contributed by atoms with Gasteiger partial charge in [0, 0.05) is 6.42 Å². The first kappa shape index (κ1) is 73.5. The molecule has 0 aliphatic heterocycles. The molecule has 8 nitrogen and oxygen atoms in total. The number of aliphatic hydroxyl groups excluding tert-OH is 1. The van der Waals surface area contributed by atoms with E-state index in [1.807, 2.05) is 27.2 Å². The third kappa shape index (κ3) is 60.0. The second kappa shape index (κ2) is 57.2. The maximum atomic E-state index is 13.0. The number of amides is 1. The lowest BCUT2D eigenvalue weighted by Gasteiger charge is -2.29. The van der Waals surface area contributed by atoms with Gasteiger partial charge in [-0.1, -0.05) is 300 Å². The molecule has 0 bridgehead atoms. The van der Waals surface area contributed by atoms with E-state index in [2.05, 4.69) is 55.6 Å². The number of rotatable bonds is 60. The molecular weight excluding hydrogens is 948 g/mol. The number of phosphoric ester groups is 1. The van der Waals surface area contributed by atoms with E-state index in [0.29, 0.717) is 17.4 Å². The maximum absolute atomic E-state index is 13.0. The molecule has 0 rings (SSSR count). The van der Waals surface area contributed by atoms with E-state index >= 15 is 0 Å². The van der Waals surface area contributed by atoms with E-state index in [-0.39, 0.29) is 19.1 Å². The quantitative estimate of drug-likeness (QED) is 0.0272. The molecule has 1 amide bonds. The highest BCUT2D eigenvalue weighted by Gasteiger charge is 2.23. The summed E-state index contributed by atoms with van der Waals surface area (Å²) in [6.07, 6.45) is 76.7. The molecule has 75 heavy (non-hydrogen) atoms. The van der Waals surface area contributed by atoms with Crippen LogP contribution in [-0.2, 0) is 18.4 Å². The number of carbonyl (C=O) groups excluding carboxylic acids is 1. The molecule has 442 valence electrons. The summed E-state index contributed by atoms with van der Waals surface area (Å²) in [6.45, 7) is 4.65. The molecule has 3 atom stereocenters. The molecular formula is C66H127N2O6P. The van der Waals surface area contributed by atoms with Gasteiger partial charge in [0.1, 0.15) is 13.2 Å². The van der Waals surface area contributed by atoms with Gasteiger partial charge in [-0.15, -0.1) is 0 Å². The first-order chi connectivity index (χ1) is 36.5. The number of quaternary nitrogens is 1. The molecule has 0 saturated heterocycles. The SMILES string of the molecule is CCCCCCC/C=C\C/C=C\C/C=C\CCCCCCCCCCCCCCCCCCCCCCCCCCCCC(=O)NC(COP(=O)([O-])OCC[N+](C)(C)C)C(O)/C=C/CCCCCCCCCCCC. The minimum atomic E-state index is -4.59. The summed E-state index contributed by atoms with van der Waals surface area (Å²) in [7, 11) is 1.27. The van der Waals surface area contributed by atoms with Crippen molar-refractivity contribution in [1.29, 1.82) is 0 Å². The Morgan fingerprint density at radius 2 is 0.773 bits per heavy atom. The Kier molecular flexibility index (Phi) is 56.0. The van der Waals surface area contributed by atoms with Gasteiger partial charge in [-0.05, 0) is 57.8 Å². The van der Waals surface area contributed by atoms with Crippen LogP contribution in [0.5, 0.6) is 0 Å². The topological polar surface area (TPSA) is 108 Å². The van der Waals surface area contributed by atoms with E-state index in [9.17, 15) is 19.4 Å². The van der Waals surface area contributed by atoms with Gasteiger partial charge in [0.05, 0.1) is 39.9 Å². The molecule has 0 aromatic rings. The van der Waals surface area contributed by atoms with E-state index in [1.165, 1.54) is 244 Å². The number of allylic oxidation sites excluding steroid dienone is 7. The highest BCUT2D eigenvalue weighted by molar-refractivity contribution is 7.45. The second-order valence-corrected chi connectivity index (χ2v) is 24.9. The Morgan fingerprint density at radius 1 is 0.467 bits per heavy atom. The second-order valence-electron chi connectivity index (χ2n) is 23.5. The number of carbonyl (C=O) groups is 1. The average molecular weight is 1080 g/mol. The van der Waals surface area contributed by atoms with Crippen LogP contribution in [0.4, 0.5) is 0 Å². The molecule has 0 aromatic heterocycles. The molecule has 0 aliphatic carbocycles. The summed E-state index contributed by atoms with van der Waals surface area (Å²) in [5.74, 6) is -0.193. The van der Waals surface area contributed by atoms with Crippen LogP contribution in [0.1, 0.15) is 316 Å². The first-order valence-corrected chi connectivity index (χ1v) is 34.0. The molecule has 0 aliphatic rings. The fourth-order valence-electron chi connectivity index (χ4n) is 9.69. The van der Waals surface area contributed by atoms with E-state index < -0.39 is 20.0 Å². The summed E-state index contributed by atoms with van der Waals surface area (Å²) < 4.78 is 23.3. The zero-order chi connectivity index (χ0) is 54.9. The summed E-state index contributed by atoms with van der Waals surface area (Å²) in [6, 6.07) is -0.884. The zero-order valence-electron chi connectivity index (χ0n) is 50.5. The molecule has 0 spiro atoms. The van der Waals surface area contributed by atoms with E-state index in [0.717, 1.165) is 51.4 Å². The minimum Gasteiger partial charge on any atom is -0.756 e. The van der Waals surface area contributed by atoms with E-state index in [4.69, 9.17) is 9.05 Å². The fourth-order valence-corrected chi connectivity index (χ4v) is 10.4. The van der Waals surface area contributed by atoms with Gasteiger partial charge >= 0.3 is 0 Å². The van der Waals surface area contributed by atoms with Crippen molar-refractivity contribution in [1.82, 2.24) is 5.32 Å². The van der Waals surface area contributed by atoms with Gasteiger partial charge < -0.3 is 28.8 Å². The van der Waals surface area contributed by atoms with Crippen LogP contribution in [0.2, 0.25) is 0 Å². The summed E-state index contributed by atoms with van der Waals surface area (Å²) in [5, 5.41) is 13.8. The number of nitrogens with one attached hydrogen (secondary N) is 1. The lowest BCUT2D eigenvalue weighted by molar-refractivity contribution is -0.870. The number of aliphatic hydroxyl groups is 1. The van der Waals surface area contributed by atoms with Crippen molar-refractivity contribution in [3.63, 3.8) is 0 Å². The van der Waals surface area contributed by atoms with Crippen LogP contribution in [0.15, 0.2) is 48.6 Å². The van der Waals surface area contributed by atoms with Crippen molar-refractivity contribution in [3.8, 4) is 0 Å². The molecule has 2 N–H and O–H groups in total. The molecule has 3 unspecified atom stereocenters. The van der Waals surface area contributed by atoms with Gasteiger partial charge in [-0.3, -0.25) is 9.36 Å². The van der Waals surface area contributed by atoms with Crippen molar-refractivity contribution in [2.75, 3.05) is 40.9 Å². The number of nitrogens with zero attached hydrogens (tertiary/aromatic N) is 1. The molecule has 0 saturated carbocycles. The molecule has 9 heteroatoms. The lowest BCUT2D eigenvalue weighted by atomic mass is 10.0. The number of unbranched alkanes of at least 4 members (excludes halogenated alkanes) is 41. The lowest BCUT2D eigenvalue weighted by Crippen LogP contribution is -2.45. The zero-order valence-corrected chi connectivity index (χ0v) is 51.4. The van der Waals surface area contributed by atoms with Gasteiger partial charge in [-0.2, -0.15) is 0 Å². The Hall–Kier alpha value is -1.54. The minimum absolute atomic E-state index is 0.000554. The third-order valence-corrected chi connectivity index (χ3v) is 15.7. The predicted octanol–water partition coefficient (Wildman–Crippen LogP) is 19.6. The van der Waals surface area contributed by atoms with E-state index in [1.54, 1.807) is 6.08 Å². The summed E-state index contributed by atoms with van der Waals surface area (Å²) in [4.78, 5) is 25.5. The van der Waals surface area contributed by atoms with Crippen molar-refractivity contribution in [3.05, 3.63) is 48.6 Å². The van der Waals surface area contributed by atoms with Crippen LogP contribution in [-0.4, -0.2) is 68.5 Å². The van der Waals surface area contributed by atoms with Crippen LogP contribution in [0.3, 0.4) is 0 Å². The summed E-state index contributed by atoms with van der Waals surface area (Å²) >= 11 is 0. The average Bonchev–Trinajstić information content (AvgIpc) is 3.37. The molecule has 0 aromatic carbocycles. The van der Waals surface area contributed by atoms with Gasteiger partial charge in [0.2, 0.25) is 5.91 Å². The normalized spacial score (nSPS) is 14.1. The van der Waals surface area contributed by atoms with Crippen molar-refractivity contribution in [2.45, 2.75) is 328 Å². The number of hydrogen-bond acceptors (Lipinski definition) is 6. The van der Waals surface area contributed by atoms with Gasteiger partial charge in [0.15, 0.2) is 0 Å². The fraction of sp³-hybridized carbons (Fsp3) is 0.864. The van der Waals surface area contributed by atoms with Gasteiger partial charge in [0.25, 0.3) is 7.82 Å². The molecule has 0 fully saturated rings. The van der Waals surface area contributed by atoms with Crippen molar-refractivity contribution < 1.29 is 32.9 Å². The van der Waals surface area contributed by atoms with Crippen LogP contribution < -0.4 is 10.2 Å². The van der Waals surface area contributed by atoms with Crippen LogP contribution in [0, 0.1) is 0 Å². The van der Waals surface area contributed by atoms with Crippen LogP contribution in [0.25, 0.3) is 0 Å². The monoisotopic (exact) mass is 1070 g/mol. The largest absolute Gasteiger partial charge is 0.756 e. The molecule has 0 heterocycles. The highest BCUT2D eigenvalue weighted by Crippen LogP contribution is 2.38. The van der Waals surface area contributed by atoms with Crippen LogP contribution >= 0.6 is 7.82 Å². The van der Waals surface area contributed by atoms with Crippen molar-refractivity contribution >= 4 is 13.7 Å². The number of hydrogen-bond donors (Lipinski definition) is 2. The maximum Gasteiger partial charge on any atom is 0.268 e. The predicted molar refractivity (Wildman–Crippen MR) is 325 cm³/mol. The summed E-state index contributed by atoms with van der Waals surface area (Å²) in [5.41, 5.74) is 0. The standard InChI is InChI=1S/C66H127N2O6P/c1-6-8-10-12-14-16-18-20-21-22-23-24-25-26-27-28-29-30-31-32-33-34-35-36-37-38-39-40-41-42-43-44-45-46-47-48-50-52-54-56-58-60-66(70)67-64(63-74-75(71,72)73-62-61-68(3,4)5)65(69)59-57-55-53-51-49-19-17-15-13-11-9-7-2/h18,20,22-23,25-26,57,59,64-65,69H,6-17,19,21,24,27-56,58,60-63H2,1-5H3,(H-,67,70,71,72)/b20-18-,23-22-,26-25-,59-57+. The smallest absolute Gasteiger partial charge is 0.268 e. The van der Waals surface area contributed by atoms with Gasteiger partial charge in [-0.25, -0.2) is 0 Å². The highest BCUT2D eigenvalue weighted by atomic mass is 31.2. The first-order valence-electron chi connectivity index (χ1n) is 32.5. The Bertz CT molecular complexity index is 1360. The number of likely N-dealkylation sites (N-methyl/N-ethyl adjacent to an activating group) is 1. The Labute approximate surface area is 467 Å².